The highest BCUT2D eigenvalue weighted by atomic mass is 32.9. The minimum absolute atomic E-state index is 0.171. The molecule has 9 heteroatoms. The van der Waals surface area contributed by atoms with Gasteiger partial charge in [0, 0.05) is 19.8 Å². The Hall–Kier alpha value is 0.517. The van der Waals surface area contributed by atoms with E-state index in [1.165, 1.54) is 0 Å². The maximum absolute atomic E-state index is 11.4. The molecular formula is C9H24O6S2Si. The van der Waals surface area contributed by atoms with Gasteiger partial charge in [-0.25, -0.2) is 4.21 Å². The maximum Gasteiger partial charge on any atom is 0.511 e. The summed E-state index contributed by atoms with van der Waals surface area (Å²) in [6.07, 6.45) is 0. The molecule has 0 radical (unpaired) electrons. The smallest absolute Gasteiger partial charge is 0.373 e. The van der Waals surface area contributed by atoms with Gasteiger partial charge >= 0.3 is 8.80 Å². The van der Waals surface area contributed by atoms with Crippen LogP contribution in [0.2, 0.25) is 0 Å². The fraction of sp³-hybridized carbons (Fsp3) is 1.00. The second-order valence-electron chi connectivity index (χ2n) is 3.30. The first-order valence-corrected chi connectivity index (χ1v) is 11.4. The van der Waals surface area contributed by atoms with Gasteiger partial charge in [0.15, 0.2) is 0 Å². The normalized spacial score (nSPS) is 14.8. The molecule has 0 saturated carbocycles. The average molecular weight is 321 g/mol. The Labute approximate surface area is 113 Å². The molecule has 0 rings (SSSR count). The van der Waals surface area contributed by atoms with E-state index in [1.807, 2.05) is 20.8 Å². The van der Waals surface area contributed by atoms with Crippen LogP contribution in [-0.2, 0) is 31.8 Å². The Morgan fingerprint density at radius 2 is 1.39 bits per heavy atom. The molecule has 18 heavy (non-hydrogen) atoms. The van der Waals surface area contributed by atoms with E-state index in [9.17, 15) is 13.3 Å². The summed E-state index contributed by atoms with van der Waals surface area (Å²) < 4.78 is 46.8. The van der Waals surface area contributed by atoms with Gasteiger partial charge in [-0.05, 0) is 26.5 Å². The van der Waals surface area contributed by atoms with E-state index in [1.54, 1.807) is 6.92 Å². The van der Waals surface area contributed by atoms with Crippen LogP contribution in [0.1, 0.15) is 27.7 Å². The largest absolute Gasteiger partial charge is 0.511 e. The van der Waals surface area contributed by atoms with E-state index in [4.69, 9.17) is 13.3 Å². The number of hydrogen-bond donors (Lipinski definition) is 2. The first-order valence-electron chi connectivity index (χ1n) is 5.94. The molecule has 0 heterocycles. The van der Waals surface area contributed by atoms with E-state index >= 15 is 0 Å². The van der Waals surface area contributed by atoms with Crippen molar-refractivity contribution in [1.29, 1.82) is 0 Å². The fourth-order valence-corrected chi connectivity index (χ4v) is 10.9. The standard InChI is InChI=1S/C9H24O6S2Si/c1-5-13-18(14-6-2,15-7-3)9-16(8-4)17(10,11)12/h5-9H2,1-4H3,(H2,10,11,12). The second kappa shape index (κ2) is 8.64. The summed E-state index contributed by atoms with van der Waals surface area (Å²) in [6.45, 7) is 8.43. The highest BCUT2D eigenvalue weighted by Gasteiger charge is 2.42. The van der Waals surface area contributed by atoms with Crippen molar-refractivity contribution in [2.45, 2.75) is 27.7 Å². The lowest BCUT2D eigenvalue weighted by atomic mass is 10.9. The Morgan fingerprint density at radius 3 is 1.61 bits per heavy atom. The van der Waals surface area contributed by atoms with Crippen LogP contribution in [0.5, 0.6) is 0 Å². The van der Waals surface area contributed by atoms with Crippen LogP contribution in [0.3, 0.4) is 0 Å². The van der Waals surface area contributed by atoms with Gasteiger partial charge in [0.1, 0.15) is 0 Å². The number of rotatable bonds is 9. The second-order valence-corrected chi connectivity index (χ2v) is 11.8. The molecule has 0 fully saturated rings. The molecule has 0 bridgehead atoms. The van der Waals surface area contributed by atoms with Crippen molar-refractivity contribution < 1.29 is 26.6 Å². The van der Waals surface area contributed by atoms with E-state index in [0.29, 0.717) is 25.6 Å². The van der Waals surface area contributed by atoms with E-state index in [0.717, 1.165) is 0 Å². The molecule has 6 nitrogen and oxygen atoms in total. The molecule has 0 aliphatic heterocycles. The third kappa shape index (κ3) is 6.11. The van der Waals surface area contributed by atoms with Gasteiger partial charge in [0.2, 0.25) is 9.05 Å². The lowest BCUT2D eigenvalue weighted by Crippen LogP contribution is -2.52. The van der Waals surface area contributed by atoms with Crippen molar-refractivity contribution in [3.8, 4) is 0 Å². The molecule has 2 N–H and O–H groups in total. The van der Waals surface area contributed by atoms with Gasteiger partial charge in [0.05, 0.1) is 5.38 Å². The van der Waals surface area contributed by atoms with Gasteiger partial charge in [-0.1, -0.05) is 16.4 Å². The van der Waals surface area contributed by atoms with Gasteiger partial charge in [-0.2, -0.15) is 0 Å². The number of hydrogen-bond acceptors (Lipinski definition) is 4. The van der Waals surface area contributed by atoms with Crippen LogP contribution in [0.4, 0.5) is 0 Å². The molecule has 0 aliphatic carbocycles. The lowest BCUT2D eigenvalue weighted by molar-refractivity contribution is 0.0772. The third-order valence-electron chi connectivity index (χ3n) is 2.06. The third-order valence-corrected chi connectivity index (χ3v) is 11.8. The highest BCUT2D eigenvalue weighted by Crippen LogP contribution is 2.14. The maximum atomic E-state index is 11.4. The minimum atomic E-state index is -3.83. The van der Waals surface area contributed by atoms with Crippen LogP contribution in [0, 0.1) is 0 Å². The summed E-state index contributed by atoms with van der Waals surface area (Å²) in [5, 5.41) is 0.171. The Balaban J connectivity index is 5.25. The summed E-state index contributed by atoms with van der Waals surface area (Å²) in [5.74, 6) is 0.383. The fourth-order valence-electron chi connectivity index (χ4n) is 1.44. The summed E-state index contributed by atoms with van der Waals surface area (Å²) in [4.78, 5) is 0. The first kappa shape index (κ1) is 18.5. The topological polar surface area (TPSA) is 85.2 Å². The average Bonchev–Trinajstić information content (AvgIpc) is 2.25. The van der Waals surface area contributed by atoms with Crippen LogP contribution in [0.25, 0.3) is 0 Å². The quantitative estimate of drug-likeness (QED) is 0.624. The van der Waals surface area contributed by atoms with Gasteiger partial charge in [-0.3, -0.25) is 9.11 Å². The monoisotopic (exact) mass is 320 g/mol. The zero-order chi connectivity index (χ0) is 14.2. The van der Waals surface area contributed by atoms with Gasteiger partial charge < -0.3 is 13.3 Å². The first-order chi connectivity index (χ1) is 8.35. The Bertz CT molecular complexity index is 328. The molecule has 0 amide bonds. The van der Waals surface area contributed by atoms with Gasteiger partial charge in [0.25, 0.3) is 0 Å². The molecule has 0 saturated heterocycles. The Kier molecular flexibility index (Phi) is 8.89. The summed E-state index contributed by atoms with van der Waals surface area (Å²) >= 11 is 0. The molecule has 0 aromatic rings. The SMILES string of the molecule is CCO[Si](CS(CC)=S(=O)(O)O)(OCC)OCC. The summed E-state index contributed by atoms with van der Waals surface area (Å²) in [7, 11) is -7.90. The predicted octanol–water partition coefficient (Wildman–Crippen LogP) is 1.36. The van der Waals surface area contributed by atoms with Crippen molar-refractivity contribution in [1.82, 2.24) is 0 Å². The van der Waals surface area contributed by atoms with Crippen molar-refractivity contribution in [2.75, 3.05) is 30.9 Å². The molecule has 1 unspecified atom stereocenters. The molecular weight excluding hydrogens is 296 g/mol. The molecule has 0 spiro atoms. The Morgan fingerprint density at radius 1 is 1.00 bits per heavy atom. The predicted molar refractivity (Wildman–Crippen MR) is 76.8 cm³/mol. The molecule has 112 valence electrons. The van der Waals surface area contributed by atoms with Gasteiger partial charge in [-0.15, -0.1) is 0 Å². The van der Waals surface area contributed by atoms with Crippen molar-refractivity contribution >= 4 is 27.3 Å². The minimum Gasteiger partial charge on any atom is -0.373 e. The molecule has 1 atom stereocenters. The highest BCUT2D eigenvalue weighted by molar-refractivity contribution is 8.42. The lowest BCUT2D eigenvalue weighted by Gasteiger charge is -2.29. The van der Waals surface area contributed by atoms with E-state index in [-0.39, 0.29) is 5.38 Å². The van der Waals surface area contributed by atoms with Crippen molar-refractivity contribution in [3.63, 3.8) is 0 Å². The molecule has 0 aliphatic rings. The van der Waals surface area contributed by atoms with E-state index in [2.05, 4.69) is 0 Å². The zero-order valence-electron chi connectivity index (χ0n) is 11.4. The van der Waals surface area contributed by atoms with Crippen molar-refractivity contribution in [2.24, 2.45) is 0 Å². The molecule has 0 aromatic carbocycles. The van der Waals surface area contributed by atoms with Crippen molar-refractivity contribution in [3.05, 3.63) is 0 Å². The van der Waals surface area contributed by atoms with Crippen LogP contribution >= 0.6 is 0 Å². The summed E-state index contributed by atoms with van der Waals surface area (Å²) in [6, 6.07) is 0. The summed E-state index contributed by atoms with van der Waals surface area (Å²) in [5.41, 5.74) is 0. The van der Waals surface area contributed by atoms with E-state index < -0.39 is 27.3 Å². The van der Waals surface area contributed by atoms with Crippen LogP contribution in [0.15, 0.2) is 0 Å². The van der Waals surface area contributed by atoms with Crippen LogP contribution < -0.4 is 0 Å². The molecule has 0 aromatic heterocycles. The van der Waals surface area contributed by atoms with Crippen LogP contribution in [-0.4, -0.2) is 53.1 Å². The zero-order valence-corrected chi connectivity index (χ0v) is 14.0.